The lowest BCUT2D eigenvalue weighted by Crippen LogP contribution is -2.18. The molecule has 0 aliphatic carbocycles. The van der Waals surface area contributed by atoms with Gasteiger partial charge in [0.2, 0.25) is 0 Å². The van der Waals surface area contributed by atoms with Crippen molar-refractivity contribution in [1.29, 1.82) is 0 Å². The minimum absolute atomic E-state index is 0.139. The second-order valence-electron chi connectivity index (χ2n) is 5.78. The van der Waals surface area contributed by atoms with E-state index < -0.39 is 15.9 Å². The molecule has 0 atom stereocenters. The van der Waals surface area contributed by atoms with Crippen LogP contribution in [0.5, 0.6) is 0 Å². The molecule has 28 heavy (non-hydrogen) atoms. The average molecular weight is 462 g/mol. The molecular weight excluding hydrogens is 446 g/mol. The Kier molecular flexibility index (Phi) is 5.96. The second kappa shape index (κ2) is 8.41. The van der Waals surface area contributed by atoms with E-state index in [1.165, 1.54) is 42.6 Å². The monoisotopic (exact) mass is 461 g/mol. The van der Waals surface area contributed by atoms with Crippen LogP contribution in [0.4, 0.5) is 5.69 Å². The van der Waals surface area contributed by atoms with Gasteiger partial charge in [-0.05, 0) is 67.6 Å². The van der Waals surface area contributed by atoms with Gasteiger partial charge in [0, 0.05) is 15.7 Å². The van der Waals surface area contributed by atoms with Crippen LogP contribution in [0.1, 0.15) is 21.9 Å². The number of hydrogen-bond acceptors (Lipinski definition) is 5. The highest BCUT2D eigenvalue weighted by atomic mass is 79.9. The van der Waals surface area contributed by atoms with E-state index >= 15 is 0 Å². The molecule has 1 aromatic heterocycles. The maximum absolute atomic E-state index is 12.4. The first kappa shape index (κ1) is 19.8. The number of halogens is 1. The third-order valence-electron chi connectivity index (χ3n) is 3.64. The molecule has 0 saturated heterocycles. The number of carbonyl (C=O) groups is 1. The van der Waals surface area contributed by atoms with Gasteiger partial charge < -0.3 is 4.42 Å². The molecule has 0 spiro atoms. The van der Waals surface area contributed by atoms with Crippen molar-refractivity contribution in [3.63, 3.8) is 0 Å². The summed E-state index contributed by atoms with van der Waals surface area (Å²) in [5.74, 6) is 0.839. The number of sulfonamides is 1. The van der Waals surface area contributed by atoms with Gasteiger partial charge in [-0.3, -0.25) is 9.52 Å². The van der Waals surface area contributed by atoms with Crippen molar-refractivity contribution < 1.29 is 17.6 Å². The highest BCUT2D eigenvalue weighted by molar-refractivity contribution is 9.10. The minimum atomic E-state index is -3.71. The number of amides is 1. The fraction of sp³-hybridized carbons (Fsp3) is 0.0526. The van der Waals surface area contributed by atoms with Crippen LogP contribution < -0.4 is 10.1 Å². The number of benzene rings is 2. The number of rotatable bonds is 6. The molecule has 1 amide bonds. The van der Waals surface area contributed by atoms with Crippen LogP contribution in [0, 0.1) is 6.92 Å². The van der Waals surface area contributed by atoms with Gasteiger partial charge >= 0.3 is 0 Å². The first-order valence-electron chi connectivity index (χ1n) is 8.12. The Morgan fingerprint density at radius 2 is 1.71 bits per heavy atom. The third-order valence-corrected chi connectivity index (χ3v) is 5.57. The van der Waals surface area contributed by atoms with Gasteiger partial charge in [-0.2, -0.15) is 5.10 Å². The van der Waals surface area contributed by atoms with Gasteiger partial charge in [0.15, 0.2) is 0 Å². The van der Waals surface area contributed by atoms with Gasteiger partial charge in [0.25, 0.3) is 15.9 Å². The van der Waals surface area contributed by atoms with Crippen LogP contribution in [0.2, 0.25) is 0 Å². The van der Waals surface area contributed by atoms with Crippen LogP contribution in [-0.2, 0) is 10.0 Å². The third kappa shape index (κ3) is 5.08. The molecule has 0 bridgehead atoms. The summed E-state index contributed by atoms with van der Waals surface area (Å²) in [4.78, 5) is 12.2. The molecule has 3 aromatic rings. The Hall–Kier alpha value is -2.91. The van der Waals surface area contributed by atoms with E-state index in [-0.39, 0.29) is 4.90 Å². The highest BCUT2D eigenvalue weighted by Crippen LogP contribution is 2.19. The zero-order valence-corrected chi connectivity index (χ0v) is 17.1. The molecule has 0 aliphatic heterocycles. The number of hydrogen-bond donors (Lipinski definition) is 2. The summed E-state index contributed by atoms with van der Waals surface area (Å²) >= 11 is 3.26. The Balaban J connectivity index is 1.63. The summed E-state index contributed by atoms with van der Waals surface area (Å²) in [6.45, 7) is 1.81. The Labute approximate surface area is 170 Å². The largest absolute Gasteiger partial charge is 0.460 e. The van der Waals surface area contributed by atoms with Crippen molar-refractivity contribution in [2.45, 2.75) is 11.8 Å². The Morgan fingerprint density at radius 3 is 2.32 bits per heavy atom. The first-order valence-corrected chi connectivity index (χ1v) is 10.4. The lowest BCUT2D eigenvalue weighted by molar-refractivity contribution is 0.0955. The van der Waals surface area contributed by atoms with E-state index in [4.69, 9.17) is 4.42 Å². The number of furan rings is 1. The Bertz CT molecular complexity index is 1100. The van der Waals surface area contributed by atoms with Crippen LogP contribution in [-0.4, -0.2) is 20.5 Å². The van der Waals surface area contributed by atoms with Crippen LogP contribution >= 0.6 is 15.9 Å². The fourth-order valence-corrected chi connectivity index (χ4v) is 3.58. The topological polar surface area (TPSA) is 101 Å². The predicted octanol–water partition coefficient (Wildman–Crippen LogP) is 3.92. The number of aryl methyl sites for hydroxylation is 1. The van der Waals surface area contributed by atoms with Gasteiger partial charge in [0.1, 0.15) is 11.5 Å². The normalized spacial score (nSPS) is 11.5. The summed E-state index contributed by atoms with van der Waals surface area (Å²) in [6, 6.07) is 15.8. The molecule has 0 radical (unpaired) electrons. The molecule has 0 fully saturated rings. The summed E-state index contributed by atoms with van der Waals surface area (Å²) < 4.78 is 33.3. The molecule has 0 aliphatic rings. The summed E-state index contributed by atoms with van der Waals surface area (Å²) in [5, 5.41) is 3.83. The van der Waals surface area contributed by atoms with Crippen LogP contribution in [0.3, 0.4) is 0 Å². The summed E-state index contributed by atoms with van der Waals surface area (Å²) in [7, 11) is -3.71. The maximum atomic E-state index is 12.4. The molecule has 9 heteroatoms. The van der Waals surface area contributed by atoms with E-state index in [2.05, 4.69) is 31.2 Å². The number of anilines is 1. The van der Waals surface area contributed by atoms with Gasteiger partial charge in [0.05, 0.1) is 11.1 Å². The highest BCUT2D eigenvalue weighted by Gasteiger charge is 2.14. The van der Waals surface area contributed by atoms with E-state index in [0.717, 1.165) is 10.2 Å². The smallest absolute Gasteiger partial charge is 0.271 e. The molecule has 2 aromatic carbocycles. The number of nitrogens with one attached hydrogen (secondary N) is 2. The first-order chi connectivity index (χ1) is 13.3. The quantitative estimate of drug-likeness (QED) is 0.429. The molecule has 3 rings (SSSR count). The van der Waals surface area contributed by atoms with Crippen molar-refractivity contribution in [2.75, 3.05) is 4.72 Å². The molecule has 0 unspecified atom stereocenters. The number of hydrazone groups is 1. The molecule has 2 N–H and O–H groups in total. The molecule has 0 saturated carbocycles. The van der Waals surface area contributed by atoms with Crippen molar-refractivity contribution in [3.05, 3.63) is 82.2 Å². The fourth-order valence-electron chi connectivity index (χ4n) is 2.26. The van der Waals surface area contributed by atoms with Crippen LogP contribution in [0.15, 0.2) is 79.6 Å². The van der Waals surface area contributed by atoms with Gasteiger partial charge in [-0.1, -0.05) is 15.9 Å². The second-order valence-corrected chi connectivity index (χ2v) is 8.38. The maximum Gasteiger partial charge on any atom is 0.271 e. The summed E-state index contributed by atoms with van der Waals surface area (Å²) in [5.41, 5.74) is 3.06. The lowest BCUT2D eigenvalue weighted by atomic mass is 10.2. The van der Waals surface area contributed by atoms with Crippen molar-refractivity contribution in [3.8, 4) is 0 Å². The van der Waals surface area contributed by atoms with Crippen molar-refractivity contribution >= 4 is 43.8 Å². The van der Waals surface area contributed by atoms with E-state index in [9.17, 15) is 13.2 Å². The van der Waals surface area contributed by atoms with Gasteiger partial charge in [-0.15, -0.1) is 0 Å². The minimum Gasteiger partial charge on any atom is -0.460 e. The van der Waals surface area contributed by atoms with Crippen molar-refractivity contribution in [2.24, 2.45) is 5.10 Å². The average Bonchev–Trinajstić information content (AvgIpc) is 3.07. The standard InChI is InChI=1S/C19H16BrN3O4S/c1-13-2-9-17(27-13)12-21-22-19(24)14-3-7-16(8-4-14)23-28(25,26)18-10-5-15(20)6-11-18/h2-12,23H,1H3,(H,22,24)/b21-12+. The SMILES string of the molecule is Cc1ccc(/C=N/NC(=O)c2ccc(NS(=O)(=O)c3ccc(Br)cc3)cc2)o1. The van der Waals surface area contributed by atoms with Crippen molar-refractivity contribution in [1.82, 2.24) is 5.43 Å². The zero-order valence-electron chi connectivity index (χ0n) is 14.7. The van der Waals surface area contributed by atoms with E-state index in [0.29, 0.717) is 17.0 Å². The molecule has 1 heterocycles. The Morgan fingerprint density at radius 1 is 1.04 bits per heavy atom. The lowest BCUT2D eigenvalue weighted by Gasteiger charge is -2.08. The summed E-state index contributed by atoms with van der Waals surface area (Å²) in [6.07, 6.45) is 1.39. The predicted molar refractivity (Wildman–Crippen MR) is 110 cm³/mol. The zero-order chi connectivity index (χ0) is 20.1. The molecule has 7 nitrogen and oxygen atoms in total. The van der Waals surface area contributed by atoms with E-state index in [1.807, 2.05) is 6.92 Å². The number of nitrogens with zero attached hydrogens (tertiary/aromatic N) is 1. The van der Waals surface area contributed by atoms with E-state index in [1.54, 1.807) is 24.3 Å². The van der Waals surface area contributed by atoms with Gasteiger partial charge in [-0.25, -0.2) is 13.8 Å². The molecule has 144 valence electrons. The number of carbonyl (C=O) groups excluding carboxylic acids is 1. The molecular formula is C19H16BrN3O4S. The van der Waals surface area contributed by atoms with Crippen LogP contribution in [0.25, 0.3) is 0 Å².